The van der Waals surface area contributed by atoms with E-state index in [0.717, 1.165) is 13.0 Å². The van der Waals surface area contributed by atoms with Gasteiger partial charge in [0.2, 0.25) is 0 Å². The first-order chi connectivity index (χ1) is 7.62. The van der Waals surface area contributed by atoms with Gasteiger partial charge in [0, 0.05) is 0 Å². The minimum Gasteiger partial charge on any atom is -0.480 e. The van der Waals surface area contributed by atoms with Crippen LogP contribution in [-0.4, -0.2) is 23.7 Å². The van der Waals surface area contributed by atoms with Crippen molar-refractivity contribution < 1.29 is 9.90 Å². The Balaban J connectivity index is 0.00000144. The molecule has 2 unspecified atom stereocenters. The minimum absolute atomic E-state index is 0. The molecule has 17 heavy (non-hydrogen) atoms. The van der Waals surface area contributed by atoms with Gasteiger partial charge in [-0.2, -0.15) is 0 Å². The molecule has 1 fully saturated rings. The second-order valence-corrected chi connectivity index (χ2v) is 4.73. The lowest BCUT2D eigenvalue weighted by Crippen LogP contribution is -2.48. The van der Waals surface area contributed by atoms with Gasteiger partial charge in [0.25, 0.3) is 0 Å². The zero-order valence-electron chi connectivity index (χ0n) is 9.85. The number of rotatable bonds is 2. The van der Waals surface area contributed by atoms with Gasteiger partial charge in [-0.3, -0.25) is 4.79 Å². The van der Waals surface area contributed by atoms with Crippen LogP contribution < -0.4 is 5.32 Å². The lowest BCUT2D eigenvalue weighted by atomic mass is 9.72. The molecular formula is C13H18ClNO2. The molecule has 1 aliphatic heterocycles. The topological polar surface area (TPSA) is 49.3 Å². The van der Waals surface area contributed by atoms with Crippen molar-refractivity contribution in [2.75, 3.05) is 6.54 Å². The first-order valence-electron chi connectivity index (χ1n) is 5.63. The molecule has 1 saturated heterocycles. The van der Waals surface area contributed by atoms with Crippen LogP contribution in [0.25, 0.3) is 0 Å². The van der Waals surface area contributed by atoms with Gasteiger partial charge in [0.1, 0.15) is 6.04 Å². The van der Waals surface area contributed by atoms with E-state index >= 15 is 0 Å². The van der Waals surface area contributed by atoms with Crippen molar-refractivity contribution in [1.29, 1.82) is 0 Å². The van der Waals surface area contributed by atoms with E-state index in [9.17, 15) is 4.79 Å². The van der Waals surface area contributed by atoms with Gasteiger partial charge in [0.05, 0.1) is 0 Å². The molecule has 0 saturated carbocycles. The van der Waals surface area contributed by atoms with Crippen molar-refractivity contribution in [2.45, 2.75) is 31.2 Å². The molecule has 0 bridgehead atoms. The fraction of sp³-hybridized carbons (Fsp3) is 0.462. The largest absolute Gasteiger partial charge is 0.480 e. The summed E-state index contributed by atoms with van der Waals surface area (Å²) in [5.74, 6) is -0.748. The molecule has 1 heterocycles. The number of halogens is 1. The number of nitrogens with one attached hydrogen (secondary N) is 1. The van der Waals surface area contributed by atoms with E-state index < -0.39 is 12.0 Å². The van der Waals surface area contributed by atoms with Crippen LogP contribution in [0.15, 0.2) is 30.3 Å². The van der Waals surface area contributed by atoms with Crippen LogP contribution in [0.2, 0.25) is 0 Å². The summed E-state index contributed by atoms with van der Waals surface area (Å²) in [5, 5.41) is 12.1. The van der Waals surface area contributed by atoms with E-state index in [-0.39, 0.29) is 17.8 Å². The van der Waals surface area contributed by atoms with Crippen molar-refractivity contribution in [3.05, 3.63) is 35.9 Å². The zero-order valence-corrected chi connectivity index (χ0v) is 10.7. The second-order valence-electron chi connectivity index (χ2n) is 4.73. The normalized spacial score (nSPS) is 28.2. The summed E-state index contributed by atoms with van der Waals surface area (Å²) in [4.78, 5) is 11.0. The number of hydrogen-bond donors (Lipinski definition) is 2. The van der Waals surface area contributed by atoms with Gasteiger partial charge in [-0.1, -0.05) is 37.3 Å². The second kappa shape index (κ2) is 5.52. The fourth-order valence-electron chi connectivity index (χ4n) is 2.42. The molecule has 2 rings (SSSR count). The molecule has 0 aliphatic carbocycles. The summed E-state index contributed by atoms with van der Waals surface area (Å²) in [6.07, 6.45) is 1.65. The Morgan fingerprint density at radius 1 is 1.41 bits per heavy atom. The average Bonchev–Trinajstić information content (AvgIpc) is 2.30. The molecule has 0 aromatic heterocycles. The maximum absolute atomic E-state index is 11.0. The van der Waals surface area contributed by atoms with Crippen LogP contribution in [0.5, 0.6) is 0 Å². The minimum atomic E-state index is -0.748. The molecule has 0 amide bonds. The molecule has 94 valence electrons. The predicted octanol–water partition coefficient (Wildman–Crippen LogP) is 2.20. The number of aliphatic carboxylic acids is 1. The Morgan fingerprint density at radius 2 is 2.06 bits per heavy atom. The quantitative estimate of drug-likeness (QED) is 0.852. The number of carboxylic acids is 1. The summed E-state index contributed by atoms with van der Waals surface area (Å²) in [5.41, 5.74) is 1.22. The SMILES string of the molecule is CC1(c2ccccc2)CCNC(C(=O)O)C1.Cl. The molecular weight excluding hydrogens is 238 g/mol. The van der Waals surface area contributed by atoms with Gasteiger partial charge in [-0.15, -0.1) is 12.4 Å². The Morgan fingerprint density at radius 3 is 2.65 bits per heavy atom. The van der Waals surface area contributed by atoms with Gasteiger partial charge in [0.15, 0.2) is 0 Å². The first-order valence-corrected chi connectivity index (χ1v) is 5.63. The van der Waals surface area contributed by atoms with Crippen LogP contribution in [0.4, 0.5) is 0 Å². The smallest absolute Gasteiger partial charge is 0.320 e. The Kier molecular flexibility index (Phi) is 4.54. The molecule has 0 spiro atoms. The molecule has 2 atom stereocenters. The maximum atomic E-state index is 11.0. The number of hydrogen-bond acceptors (Lipinski definition) is 2. The zero-order chi connectivity index (χ0) is 11.6. The van der Waals surface area contributed by atoms with Crippen molar-refractivity contribution >= 4 is 18.4 Å². The van der Waals surface area contributed by atoms with Crippen molar-refractivity contribution in [1.82, 2.24) is 5.32 Å². The van der Waals surface area contributed by atoms with Gasteiger partial charge >= 0.3 is 5.97 Å². The summed E-state index contributed by atoms with van der Waals surface area (Å²) >= 11 is 0. The molecule has 4 heteroatoms. The van der Waals surface area contributed by atoms with Crippen LogP contribution >= 0.6 is 12.4 Å². The van der Waals surface area contributed by atoms with Crippen molar-refractivity contribution in [3.8, 4) is 0 Å². The molecule has 1 aromatic carbocycles. The highest BCUT2D eigenvalue weighted by Gasteiger charge is 2.36. The van der Waals surface area contributed by atoms with Crippen LogP contribution in [0, 0.1) is 0 Å². The predicted molar refractivity (Wildman–Crippen MR) is 69.7 cm³/mol. The Labute approximate surface area is 108 Å². The highest BCUT2D eigenvalue weighted by atomic mass is 35.5. The number of carboxylic acid groups (broad SMARTS) is 1. The van der Waals surface area contributed by atoms with E-state index in [1.54, 1.807) is 0 Å². The standard InChI is InChI=1S/C13H17NO2.ClH/c1-13(10-5-3-2-4-6-10)7-8-14-11(9-13)12(15)16;/h2-6,11,14H,7-9H2,1H3,(H,15,16);1H. The highest BCUT2D eigenvalue weighted by Crippen LogP contribution is 2.34. The van der Waals surface area contributed by atoms with E-state index in [1.807, 2.05) is 18.2 Å². The van der Waals surface area contributed by atoms with Gasteiger partial charge < -0.3 is 10.4 Å². The summed E-state index contributed by atoms with van der Waals surface area (Å²) in [6, 6.07) is 9.77. The summed E-state index contributed by atoms with van der Waals surface area (Å²) < 4.78 is 0. The number of benzene rings is 1. The summed E-state index contributed by atoms with van der Waals surface area (Å²) in [6.45, 7) is 2.92. The van der Waals surface area contributed by atoms with E-state index in [1.165, 1.54) is 5.56 Å². The first kappa shape index (κ1) is 14.0. The van der Waals surface area contributed by atoms with E-state index in [2.05, 4.69) is 24.4 Å². The molecule has 1 aromatic rings. The third kappa shape index (κ3) is 2.99. The third-order valence-corrected chi connectivity index (χ3v) is 3.49. The molecule has 0 radical (unpaired) electrons. The van der Waals surface area contributed by atoms with Crippen LogP contribution in [-0.2, 0) is 10.2 Å². The molecule has 3 nitrogen and oxygen atoms in total. The van der Waals surface area contributed by atoms with Crippen molar-refractivity contribution in [2.24, 2.45) is 0 Å². The molecule has 1 aliphatic rings. The maximum Gasteiger partial charge on any atom is 0.320 e. The third-order valence-electron chi connectivity index (χ3n) is 3.49. The number of carbonyl (C=O) groups is 1. The van der Waals surface area contributed by atoms with E-state index in [4.69, 9.17) is 5.11 Å². The van der Waals surface area contributed by atoms with Crippen LogP contribution in [0.3, 0.4) is 0 Å². The van der Waals surface area contributed by atoms with Gasteiger partial charge in [-0.25, -0.2) is 0 Å². The highest BCUT2D eigenvalue weighted by molar-refractivity contribution is 5.85. The molecule has 2 N–H and O–H groups in total. The monoisotopic (exact) mass is 255 g/mol. The Hall–Kier alpha value is -1.06. The average molecular weight is 256 g/mol. The van der Waals surface area contributed by atoms with E-state index in [0.29, 0.717) is 6.42 Å². The number of piperidine rings is 1. The van der Waals surface area contributed by atoms with Gasteiger partial charge in [-0.05, 0) is 30.4 Å². The van der Waals surface area contributed by atoms with Crippen LogP contribution in [0.1, 0.15) is 25.3 Å². The Bertz CT molecular complexity index is 382. The lowest BCUT2D eigenvalue weighted by Gasteiger charge is -2.37. The summed E-state index contributed by atoms with van der Waals surface area (Å²) in [7, 11) is 0. The lowest BCUT2D eigenvalue weighted by molar-refractivity contribution is -0.140. The van der Waals surface area contributed by atoms with Crippen molar-refractivity contribution in [3.63, 3.8) is 0 Å². The fourth-order valence-corrected chi connectivity index (χ4v) is 2.42.